The molecule has 0 atom stereocenters. The molecule has 0 unspecified atom stereocenters. The van der Waals surface area contributed by atoms with Crippen molar-refractivity contribution in [2.45, 2.75) is 6.92 Å². The van der Waals surface area contributed by atoms with E-state index in [0.717, 1.165) is 5.01 Å². The Kier molecular flexibility index (Phi) is 4.30. The van der Waals surface area contributed by atoms with Crippen molar-refractivity contribution in [1.29, 1.82) is 0 Å². The van der Waals surface area contributed by atoms with Crippen LogP contribution < -0.4 is 0 Å². The Hall–Kier alpha value is -2.51. The number of hydrogen-bond acceptors (Lipinski definition) is 5. The predicted molar refractivity (Wildman–Crippen MR) is 62.6 cm³/mol. The van der Waals surface area contributed by atoms with E-state index in [1.807, 2.05) is 0 Å². The van der Waals surface area contributed by atoms with Gasteiger partial charge in [0.1, 0.15) is 6.54 Å². The second-order valence-corrected chi connectivity index (χ2v) is 3.63. The van der Waals surface area contributed by atoms with Gasteiger partial charge in [-0.25, -0.2) is 0 Å². The Morgan fingerprint density at radius 2 is 2.22 bits per heavy atom. The molecule has 0 saturated carbocycles. The fourth-order valence-electron chi connectivity index (χ4n) is 1.22. The molecule has 96 valence electrons. The van der Waals surface area contributed by atoms with Crippen molar-refractivity contribution in [1.82, 2.24) is 5.01 Å². The number of likely N-dealkylation sites (N-methyl/N-ethyl adjacent to an activating group) is 1. The molecule has 0 aliphatic carbocycles. The minimum Gasteiger partial charge on any atom is -0.480 e. The first-order chi connectivity index (χ1) is 8.40. The highest BCUT2D eigenvalue weighted by Crippen LogP contribution is 2.23. The maximum atomic E-state index is 10.5. The minimum atomic E-state index is -1.02. The molecule has 0 spiro atoms. The summed E-state index contributed by atoms with van der Waals surface area (Å²) >= 11 is 0. The van der Waals surface area contributed by atoms with Gasteiger partial charge in [0.05, 0.1) is 10.6 Å². The van der Waals surface area contributed by atoms with Gasteiger partial charge in [-0.2, -0.15) is 0 Å². The van der Waals surface area contributed by atoms with Gasteiger partial charge in [0.15, 0.2) is 0 Å². The summed E-state index contributed by atoms with van der Waals surface area (Å²) in [7, 11) is 1.47. The van der Waals surface area contributed by atoms with Crippen LogP contribution in [0.25, 0.3) is 0 Å². The summed E-state index contributed by atoms with van der Waals surface area (Å²) in [6, 6.07) is 4.16. The number of nitro benzene ring substituents is 1. The summed E-state index contributed by atoms with van der Waals surface area (Å²) in [6.45, 7) is 1.40. The third kappa shape index (κ3) is 3.81. The lowest BCUT2D eigenvalue weighted by atomic mass is 10.2. The summed E-state index contributed by atoms with van der Waals surface area (Å²) in [5.74, 6) is -1.02. The molecule has 0 aromatic heterocycles. The van der Waals surface area contributed by atoms with Gasteiger partial charge in [0.25, 0.3) is 5.69 Å². The Bertz CT molecular complexity index is 501. The molecule has 1 aromatic carbocycles. The van der Waals surface area contributed by atoms with Crippen LogP contribution in [0.1, 0.15) is 5.56 Å². The number of benzene rings is 1. The smallest absolute Gasteiger partial charge is 0.324 e. The van der Waals surface area contributed by atoms with Crippen molar-refractivity contribution in [2.24, 2.45) is 10.3 Å². The highest BCUT2D eigenvalue weighted by molar-refractivity contribution is 5.68. The van der Waals surface area contributed by atoms with Crippen LogP contribution in [-0.4, -0.2) is 34.6 Å². The molecule has 0 aliphatic rings. The molecule has 1 rings (SSSR count). The summed E-state index contributed by atoms with van der Waals surface area (Å²) < 4.78 is 0. The van der Waals surface area contributed by atoms with Crippen molar-refractivity contribution >= 4 is 17.3 Å². The number of aliphatic carboxylic acids is 1. The number of carboxylic acids is 1. The average molecular weight is 252 g/mol. The van der Waals surface area contributed by atoms with Gasteiger partial charge in [-0.15, -0.1) is 5.11 Å². The number of aryl methyl sites for hydroxylation is 1. The zero-order chi connectivity index (χ0) is 13.7. The van der Waals surface area contributed by atoms with Crippen molar-refractivity contribution < 1.29 is 14.8 Å². The van der Waals surface area contributed by atoms with Crippen LogP contribution in [0.2, 0.25) is 0 Å². The Morgan fingerprint density at radius 3 is 2.72 bits per heavy atom. The van der Waals surface area contributed by atoms with Crippen molar-refractivity contribution in [3.63, 3.8) is 0 Å². The Morgan fingerprint density at radius 1 is 1.56 bits per heavy atom. The van der Waals surface area contributed by atoms with E-state index in [1.54, 1.807) is 6.92 Å². The number of nitrogens with zero attached hydrogens (tertiary/aromatic N) is 4. The first kappa shape index (κ1) is 13.6. The Labute approximate surface area is 103 Å². The number of nitro groups is 1. The molecule has 8 heteroatoms. The molecule has 0 amide bonds. The molecule has 0 saturated heterocycles. The van der Waals surface area contributed by atoms with Crippen LogP contribution >= 0.6 is 0 Å². The monoisotopic (exact) mass is 252 g/mol. The zero-order valence-electron chi connectivity index (χ0n) is 9.90. The molecule has 0 fully saturated rings. The van der Waals surface area contributed by atoms with Gasteiger partial charge in [0, 0.05) is 19.2 Å². The SMILES string of the molecule is Cc1cc([N+](=O)[O-])ccc1N=NN(C)CC(=O)O. The van der Waals surface area contributed by atoms with Crippen molar-refractivity contribution in [3.05, 3.63) is 33.9 Å². The molecule has 0 bridgehead atoms. The van der Waals surface area contributed by atoms with E-state index in [0.29, 0.717) is 11.3 Å². The fourth-order valence-corrected chi connectivity index (χ4v) is 1.22. The topological polar surface area (TPSA) is 108 Å². The quantitative estimate of drug-likeness (QED) is 0.489. The normalized spacial score (nSPS) is 10.6. The van der Waals surface area contributed by atoms with Gasteiger partial charge in [-0.05, 0) is 18.6 Å². The van der Waals surface area contributed by atoms with Gasteiger partial charge >= 0.3 is 5.97 Å². The molecule has 0 heterocycles. The number of hydrogen-bond donors (Lipinski definition) is 1. The standard InChI is InChI=1S/C10H12N4O4/c1-7-5-8(14(17)18)3-4-9(7)11-12-13(2)6-10(15)16/h3-5H,6H2,1-2H3,(H,15,16). The van der Waals surface area contributed by atoms with E-state index in [2.05, 4.69) is 10.3 Å². The molecule has 0 radical (unpaired) electrons. The third-order valence-corrected chi connectivity index (χ3v) is 2.06. The van der Waals surface area contributed by atoms with Crippen LogP contribution in [-0.2, 0) is 4.79 Å². The molecule has 0 aliphatic heterocycles. The lowest BCUT2D eigenvalue weighted by molar-refractivity contribution is -0.384. The van der Waals surface area contributed by atoms with Crippen LogP contribution in [0.5, 0.6) is 0 Å². The highest BCUT2D eigenvalue weighted by atomic mass is 16.6. The van der Waals surface area contributed by atoms with Crippen LogP contribution in [0.3, 0.4) is 0 Å². The summed E-state index contributed by atoms with van der Waals surface area (Å²) in [5.41, 5.74) is 1.03. The van der Waals surface area contributed by atoms with Gasteiger partial charge in [-0.3, -0.25) is 19.9 Å². The molecule has 18 heavy (non-hydrogen) atoms. The van der Waals surface area contributed by atoms with Gasteiger partial charge < -0.3 is 5.11 Å². The van der Waals surface area contributed by atoms with Gasteiger partial charge in [-0.1, -0.05) is 5.22 Å². The van der Waals surface area contributed by atoms with Crippen LogP contribution in [0, 0.1) is 17.0 Å². The van der Waals surface area contributed by atoms with Crippen LogP contribution in [0.15, 0.2) is 28.5 Å². The van der Waals surface area contributed by atoms with E-state index in [4.69, 9.17) is 5.11 Å². The van der Waals surface area contributed by atoms with E-state index < -0.39 is 10.9 Å². The Balaban J connectivity index is 2.82. The largest absolute Gasteiger partial charge is 0.480 e. The number of carboxylic acid groups (broad SMARTS) is 1. The molecular weight excluding hydrogens is 240 g/mol. The third-order valence-electron chi connectivity index (χ3n) is 2.06. The minimum absolute atomic E-state index is 0.0228. The lowest BCUT2D eigenvalue weighted by Crippen LogP contribution is -2.19. The predicted octanol–water partition coefficient (Wildman–Crippen LogP) is 1.92. The maximum absolute atomic E-state index is 10.5. The lowest BCUT2D eigenvalue weighted by Gasteiger charge is -2.07. The summed E-state index contributed by atoms with van der Waals surface area (Å²) in [6.07, 6.45) is 0. The highest BCUT2D eigenvalue weighted by Gasteiger charge is 2.08. The summed E-state index contributed by atoms with van der Waals surface area (Å²) in [4.78, 5) is 20.4. The van der Waals surface area contributed by atoms with Crippen molar-refractivity contribution in [3.8, 4) is 0 Å². The van der Waals surface area contributed by atoms with E-state index in [9.17, 15) is 14.9 Å². The number of rotatable bonds is 5. The van der Waals surface area contributed by atoms with Crippen molar-refractivity contribution in [2.75, 3.05) is 13.6 Å². The zero-order valence-corrected chi connectivity index (χ0v) is 9.90. The molecule has 8 nitrogen and oxygen atoms in total. The van der Waals surface area contributed by atoms with E-state index in [-0.39, 0.29) is 12.2 Å². The first-order valence-electron chi connectivity index (χ1n) is 5.00. The molecule has 1 N–H and O–H groups in total. The molecule has 1 aromatic rings. The number of carbonyl (C=O) groups is 1. The first-order valence-corrected chi connectivity index (χ1v) is 5.00. The van der Waals surface area contributed by atoms with E-state index in [1.165, 1.54) is 25.2 Å². The number of non-ortho nitro benzene ring substituents is 1. The van der Waals surface area contributed by atoms with Gasteiger partial charge in [0.2, 0.25) is 0 Å². The fraction of sp³-hybridized carbons (Fsp3) is 0.300. The second-order valence-electron chi connectivity index (χ2n) is 3.63. The summed E-state index contributed by atoms with van der Waals surface area (Å²) in [5, 5.41) is 27.7. The molecular formula is C10H12N4O4. The maximum Gasteiger partial charge on any atom is 0.324 e. The average Bonchev–Trinajstić information content (AvgIpc) is 2.26. The van der Waals surface area contributed by atoms with Crippen LogP contribution in [0.4, 0.5) is 11.4 Å². The van der Waals surface area contributed by atoms with E-state index >= 15 is 0 Å². The second kappa shape index (κ2) is 5.71.